The highest BCUT2D eigenvalue weighted by molar-refractivity contribution is 5.92. The van der Waals surface area contributed by atoms with Gasteiger partial charge in [0.15, 0.2) is 0 Å². The molecular formula is C16H17N3O2. The van der Waals surface area contributed by atoms with Gasteiger partial charge >= 0.3 is 0 Å². The quantitative estimate of drug-likeness (QED) is 0.915. The van der Waals surface area contributed by atoms with Crippen molar-refractivity contribution >= 4 is 11.6 Å². The second kappa shape index (κ2) is 6.73. The topological polar surface area (TPSA) is 69.3 Å². The molecular weight excluding hydrogens is 266 g/mol. The summed E-state index contributed by atoms with van der Waals surface area (Å²) in [6.45, 7) is 2.73. The lowest BCUT2D eigenvalue weighted by molar-refractivity contribution is -0.117. The molecule has 0 atom stereocenters. The second-order valence-corrected chi connectivity index (χ2v) is 4.92. The average Bonchev–Trinajstić information content (AvgIpc) is 2.84. The van der Waals surface area contributed by atoms with Gasteiger partial charge in [-0.25, -0.2) is 0 Å². The summed E-state index contributed by atoms with van der Waals surface area (Å²) in [5.41, 5.74) is 1.25. The number of amides is 1. The molecule has 5 heteroatoms. The van der Waals surface area contributed by atoms with E-state index in [1.165, 1.54) is 0 Å². The highest BCUT2D eigenvalue weighted by Crippen LogP contribution is 2.10. The summed E-state index contributed by atoms with van der Waals surface area (Å²) in [7, 11) is 1.86. The van der Waals surface area contributed by atoms with Crippen LogP contribution in [0.1, 0.15) is 17.1 Å². The van der Waals surface area contributed by atoms with Gasteiger partial charge in [-0.15, -0.1) is 0 Å². The molecule has 0 unspecified atom stereocenters. The maximum absolute atomic E-state index is 11.9. The van der Waals surface area contributed by atoms with E-state index in [1.54, 1.807) is 24.3 Å². The van der Waals surface area contributed by atoms with Crippen molar-refractivity contribution in [2.24, 2.45) is 0 Å². The smallest absolute Gasteiger partial charge is 0.238 e. The predicted octanol–water partition coefficient (Wildman–Crippen LogP) is 2.53. The molecule has 0 aliphatic carbocycles. The van der Waals surface area contributed by atoms with Gasteiger partial charge in [0.2, 0.25) is 5.91 Å². The van der Waals surface area contributed by atoms with E-state index in [1.807, 2.05) is 37.1 Å². The molecule has 0 aliphatic heterocycles. The molecule has 1 amide bonds. The highest BCUT2D eigenvalue weighted by atomic mass is 16.3. The molecule has 0 fully saturated rings. The van der Waals surface area contributed by atoms with E-state index in [2.05, 4.69) is 5.32 Å². The van der Waals surface area contributed by atoms with Crippen molar-refractivity contribution in [1.82, 2.24) is 4.90 Å². The number of hydrogen-bond acceptors (Lipinski definition) is 4. The number of benzene rings is 1. The Bertz CT molecular complexity index is 653. The monoisotopic (exact) mass is 283 g/mol. The first-order chi connectivity index (χ1) is 10.1. The molecule has 0 radical (unpaired) electrons. The van der Waals surface area contributed by atoms with Gasteiger partial charge in [0.25, 0.3) is 0 Å². The summed E-state index contributed by atoms with van der Waals surface area (Å²) in [5.74, 6) is 1.59. The molecule has 1 aromatic heterocycles. The fourth-order valence-electron chi connectivity index (χ4n) is 1.97. The number of hydrogen-bond donors (Lipinski definition) is 1. The number of nitrogens with zero attached hydrogens (tertiary/aromatic N) is 2. The number of rotatable bonds is 5. The first kappa shape index (κ1) is 14.8. The van der Waals surface area contributed by atoms with Crippen molar-refractivity contribution in [1.29, 1.82) is 5.26 Å². The third-order valence-corrected chi connectivity index (χ3v) is 2.93. The van der Waals surface area contributed by atoms with Crippen LogP contribution in [0.2, 0.25) is 0 Å². The number of likely N-dealkylation sites (N-methyl/N-ethyl adjacent to an activating group) is 1. The van der Waals surface area contributed by atoms with Gasteiger partial charge < -0.3 is 9.73 Å². The Morgan fingerprint density at radius 3 is 2.57 bits per heavy atom. The van der Waals surface area contributed by atoms with Gasteiger partial charge in [0, 0.05) is 5.69 Å². The fourth-order valence-corrected chi connectivity index (χ4v) is 1.97. The summed E-state index contributed by atoms with van der Waals surface area (Å²) < 4.78 is 5.48. The Labute approximate surface area is 123 Å². The molecule has 5 nitrogen and oxygen atoms in total. The van der Waals surface area contributed by atoms with E-state index in [9.17, 15) is 4.79 Å². The maximum atomic E-state index is 11.9. The number of carbonyl (C=O) groups is 1. The number of aryl methyl sites for hydroxylation is 1. The van der Waals surface area contributed by atoms with Gasteiger partial charge in [0.05, 0.1) is 24.7 Å². The molecule has 0 saturated carbocycles. The van der Waals surface area contributed by atoms with Crippen molar-refractivity contribution in [3.63, 3.8) is 0 Å². The molecule has 2 aromatic rings. The van der Waals surface area contributed by atoms with E-state index in [0.717, 1.165) is 11.5 Å². The number of furan rings is 1. The van der Waals surface area contributed by atoms with Gasteiger partial charge in [-0.05, 0) is 50.4 Å². The van der Waals surface area contributed by atoms with Crippen LogP contribution in [-0.4, -0.2) is 24.4 Å². The van der Waals surface area contributed by atoms with Crippen molar-refractivity contribution in [2.45, 2.75) is 13.5 Å². The lowest BCUT2D eigenvalue weighted by Crippen LogP contribution is -2.29. The van der Waals surface area contributed by atoms with Gasteiger partial charge in [-0.3, -0.25) is 9.69 Å². The summed E-state index contributed by atoms with van der Waals surface area (Å²) in [5, 5.41) is 11.5. The molecule has 0 aliphatic rings. The van der Waals surface area contributed by atoms with E-state index in [0.29, 0.717) is 17.8 Å². The molecule has 0 bridgehead atoms. The van der Waals surface area contributed by atoms with Crippen LogP contribution in [-0.2, 0) is 11.3 Å². The Morgan fingerprint density at radius 2 is 2.00 bits per heavy atom. The maximum Gasteiger partial charge on any atom is 0.238 e. The summed E-state index contributed by atoms with van der Waals surface area (Å²) in [6, 6.07) is 12.6. The first-order valence-electron chi connectivity index (χ1n) is 6.60. The van der Waals surface area contributed by atoms with E-state index in [4.69, 9.17) is 9.68 Å². The molecule has 0 spiro atoms. The van der Waals surface area contributed by atoms with Crippen LogP contribution < -0.4 is 5.32 Å². The van der Waals surface area contributed by atoms with Crippen LogP contribution in [0.25, 0.3) is 0 Å². The van der Waals surface area contributed by atoms with Gasteiger partial charge in [-0.1, -0.05) is 0 Å². The average molecular weight is 283 g/mol. The molecule has 1 heterocycles. The summed E-state index contributed by atoms with van der Waals surface area (Å²) in [6.07, 6.45) is 0. The Hall–Kier alpha value is -2.58. The third kappa shape index (κ3) is 4.48. The zero-order valence-electron chi connectivity index (χ0n) is 12.1. The zero-order valence-corrected chi connectivity index (χ0v) is 12.1. The lowest BCUT2D eigenvalue weighted by atomic mass is 10.2. The summed E-state index contributed by atoms with van der Waals surface area (Å²) >= 11 is 0. The Morgan fingerprint density at radius 1 is 1.29 bits per heavy atom. The molecule has 108 valence electrons. The fraction of sp³-hybridized carbons (Fsp3) is 0.250. The lowest BCUT2D eigenvalue weighted by Gasteiger charge is -2.14. The second-order valence-electron chi connectivity index (χ2n) is 4.92. The summed E-state index contributed by atoms with van der Waals surface area (Å²) in [4.78, 5) is 13.8. The van der Waals surface area contributed by atoms with Crippen molar-refractivity contribution < 1.29 is 9.21 Å². The predicted molar refractivity (Wildman–Crippen MR) is 79.6 cm³/mol. The number of nitrogens with one attached hydrogen (secondary N) is 1. The zero-order chi connectivity index (χ0) is 15.2. The highest BCUT2D eigenvalue weighted by Gasteiger charge is 2.09. The van der Waals surface area contributed by atoms with Crippen molar-refractivity contribution in [3.8, 4) is 6.07 Å². The van der Waals surface area contributed by atoms with Crippen LogP contribution >= 0.6 is 0 Å². The molecule has 21 heavy (non-hydrogen) atoms. The van der Waals surface area contributed by atoms with Gasteiger partial charge in [0.1, 0.15) is 11.5 Å². The van der Waals surface area contributed by atoms with E-state index >= 15 is 0 Å². The van der Waals surface area contributed by atoms with Crippen molar-refractivity contribution in [2.75, 3.05) is 18.9 Å². The minimum atomic E-state index is -0.106. The molecule has 2 rings (SSSR count). The molecule has 1 aromatic carbocycles. The van der Waals surface area contributed by atoms with E-state index in [-0.39, 0.29) is 12.5 Å². The third-order valence-electron chi connectivity index (χ3n) is 2.93. The number of anilines is 1. The Kier molecular flexibility index (Phi) is 4.75. The number of nitriles is 1. The van der Waals surface area contributed by atoms with Gasteiger partial charge in [-0.2, -0.15) is 5.26 Å². The number of carbonyl (C=O) groups excluding carboxylic acids is 1. The standard InChI is InChI=1S/C16H17N3O2/c1-12-3-8-15(21-12)10-19(2)11-16(20)18-14-6-4-13(9-17)5-7-14/h3-8H,10-11H2,1-2H3,(H,18,20). The largest absolute Gasteiger partial charge is 0.465 e. The minimum Gasteiger partial charge on any atom is -0.465 e. The first-order valence-corrected chi connectivity index (χ1v) is 6.60. The molecule has 1 N–H and O–H groups in total. The van der Waals surface area contributed by atoms with Crippen LogP contribution in [0.15, 0.2) is 40.8 Å². The van der Waals surface area contributed by atoms with Crippen LogP contribution in [0.4, 0.5) is 5.69 Å². The van der Waals surface area contributed by atoms with Crippen LogP contribution in [0, 0.1) is 18.3 Å². The Balaban J connectivity index is 1.84. The minimum absolute atomic E-state index is 0.106. The van der Waals surface area contributed by atoms with E-state index < -0.39 is 0 Å². The molecule has 0 saturated heterocycles. The SMILES string of the molecule is Cc1ccc(CN(C)CC(=O)Nc2ccc(C#N)cc2)o1. The van der Waals surface area contributed by atoms with Crippen molar-refractivity contribution in [3.05, 3.63) is 53.5 Å². The van der Waals surface area contributed by atoms with Crippen LogP contribution in [0.3, 0.4) is 0 Å². The van der Waals surface area contributed by atoms with Crippen LogP contribution in [0.5, 0.6) is 0 Å². The normalized spacial score (nSPS) is 10.4.